The highest BCUT2D eigenvalue weighted by Gasteiger charge is 2.43. The van der Waals surface area contributed by atoms with E-state index in [-0.39, 0.29) is 29.4 Å². The van der Waals surface area contributed by atoms with Crippen LogP contribution in [0.1, 0.15) is 45.2 Å². The van der Waals surface area contributed by atoms with E-state index in [9.17, 15) is 9.59 Å². The smallest absolute Gasteiger partial charge is 0.222 e. The highest BCUT2D eigenvalue weighted by atomic mass is 16.5. The van der Waals surface area contributed by atoms with Gasteiger partial charge >= 0.3 is 0 Å². The van der Waals surface area contributed by atoms with Crippen LogP contribution in [0.4, 0.5) is 0 Å². The van der Waals surface area contributed by atoms with Gasteiger partial charge < -0.3 is 19.9 Å². The Labute approximate surface area is 149 Å². The molecule has 2 fully saturated rings. The van der Waals surface area contributed by atoms with Crippen molar-refractivity contribution >= 4 is 11.8 Å². The van der Waals surface area contributed by atoms with Gasteiger partial charge in [-0.05, 0) is 37.8 Å². The maximum absolute atomic E-state index is 12.4. The third-order valence-electron chi connectivity index (χ3n) is 5.38. The summed E-state index contributed by atoms with van der Waals surface area (Å²) in [6.45, 7) is 5.87. The van der Waals surface area contributed by atoms with Crippen LogP contribution in [0.5, 0.6) is 0 Å². The highest BCUT2D eigenvalue weighted by molar-refractivity contribution is 5.78. The van der Waals surface area contributed by atoms with Crippen LogP contribution in [0.2, 0.25) is 0 Å². The van der Waals surface area contributed by atoms with E-state index in [1.807, 2.05) is 37.1 Å². The van der Waals surface area contributed by atoms with Gasteiger partial charge in [0.1, 0.15) is 0 Å². The summed E-state index contributed by atoms with van der Waals surface area (Å²) >= 11 is 0. The first-order valence-electron chi connectivity index (χ1n) is 9.32. The molecule has 1 spiro atoms. The number of carbonyl (C=O) groups is 2. The molecule has 0 aliphatic carbocycles. The molecule has 3 heterocycles. The van der Waals surface area contributed by atoms with Gasteiger partial charge in [0.05, 0.1) is 18.2 Å². The van der Waals surface area contributed by atoms with E-state index in [2.05, 4.69) is 10.3 Å². The van der Waals surface area contributed by atoms with E-state index in [0.29, 0.717) is 13.0 Å². The molecule has 138 valence electrons. The average molecular weight is 347 g/mol. The highest BCUT2D eigenvalue weighted by Crippen LogP contribution is 2.36. The first-order valence-corrected chi connectivity index (χ1v) is 9.32. The lowest BCUT2D eigenvalue weighted by molar-refractivity contribution is -0.136. The molecule has 2 aliphatic rings. The minimum Gasteiger partial charge on any atom is -0.373 e. The first kappa shape index (κ1) is 18.0. The number of piperidine rings is 1. The topological polar surface area (TPSA) is 74.4 Å². The Morgan fingerprint density at radius 2 is 2.16 bits per heavy atom. The van der Waals surface area contributed by atoms with Crippen LogP contribution in [0.15, 0.2) is 18.3 Å². The predicted octanol–water partition coefficient (Wildman–Crippen LogP) is 1.87. The normalized spacial score (nSPS) is 22.5. The number of rotatable bonds is 5. The summed E-state index contributed by atoms with van der Waals surface area (Å²) in [6.07, 6.45) is 5.76. The number of hydrogen-bond acceptors (Lipinski definition) is 3. The fourth-order valence-corrected chi connectivity index (χ4v) is 3.74. The Hall–Kier alpha value is -1.82. The number of aromatic amines is 1. The average Bonchev–Trinajstić information content (AvgIpc) is 3.24. The van der Waals surface area contributed by atoms with Crippen molar-refractivity contribution in [1.29, 1.82) is 0 Å². The van der Waals surface area contributed by atoms with Gasteiger partial charge in [-0.2, -0.15) is 0 Å². The Morgan fingerprint density at radius 3 is 2.80 bits per heavy atom. The molecule has 0 aromatic carbocycles. The molecular formula is C19H29N3O3. The fourth-order valence-electron chi connectivity index (χ4n) is 3.74. The largest absolute Gasteiger partial charge is 0.373 e. The third kappa shape index (κ3) is 4.42. The van der Waals surface area contributed by atoms with Crippen molar-refractivity contribution in [1.82, 2.24) is 15.2 Å². The second-order valence-electron chi connectivity index (χ2n) is 7.63. The molecule has 2 saturated heterocycles. The van der Waals surface area contributed by atoms with Crippen molar-refractivity contribution in [2.75, 3.05) is 19.7 Å². The number of nitrogens with one attached hydrogen (secondary N) is 2. The first-order chi connectivity index (χ1) is 12.0. The Balaban J connectivity index is 1.44. The molecule has 0 bridgehead atoms. The molecule has 2 amide bonds. The van der Waals surface area contributed by atoms with Gasteiger partial charge in [0.25, 0.3) is 0 Å². The molecule has 0 saturated carbocycles. The molecule has 0 radical (unpaired) electrons. The summed E-state index contributed by atoms with van der Waals surface area (Å²) in [5, 5.41) is 3.07. The van der Waals surface area contributed by atoms with Gasteiger partial charge in [0.15, 0.2) is 0 Å². The van der Waals surface area contributed by atoms with E-state index in [4.69, 9.17) is 4.74 Å². The molecule has 1 atom stereocenters. The maximum Gasteiger partial charge on any atom is 0.222 e. The lowest BCUT2D eigenvalue weighted by atomic mass is 9.87. The van der Waals surface area contributed by atoms with Gasteiger partial charge in [-0.3, -0.25) is 9.59 Å². The van der Waals surface area contributed by atoms with Crippen LogP contribution in [0.3, 0.4) is 0 Å². The van der Waals surface area contributed by atoms with Crippen molar-refractivity contribution in [2.45, 2.75) is 57.6 Å². The molecule has 1 aromatic rings. The molecule has 3 rings (SSSR count). The zero-order valence-corrected chi connectivity index (χ0v) is 15.2. The molecule has 1 unspecified atom stereocenters. The standard InChI is InChI=1S/C19H29N3O3/c1-14(2)18(24)21-16-12-19(25-13-16)7-10-22(11-8-19)17(23)6-5-15-4-3-9-20-15/h3-4,9,14,16,20H,5-8,10-13H2,1-2H3,(H,21,24). The minimum absolute atomic E-state index is 0.00399. The van der Waals surface area contributed by atoms with Crippen molar-refractivity contribution in [2.24, 2.45) is 5.92 Å². The molecule has 6 nitrogen and oxygen atoms in total. The second-order valence-corrected chi connectivity index (χ2v) is 7.63. The number of ether oxygens (including phenoxy) is 1. The second kappa shape index (κ2) is 7.60. The third-order valence-corrected chi connectivity index (χ3v) is 5.38. The van der Waals surface area contributed by atoms with Crippen LogP contribution in [-0.4, -0.2) is 53.0 Å². The number of nitrogens with zero attached hydrogens (tertiary/aromatic N) is 1. The Bertz CT molecular complexity index is 589. The van der Waals surface area contributed by atoms with E-state index in [1.54, 1.807) is 0 Å². The number of amides is 2. The summed E-state index contributed by atoms with van der Waals surface area (Å²) in [7, 11) is 0. The zero-order chi connectivity index (χ0) is 17.9. The van der Waals surface area contributed by atoms with Crippen LogP contribution >= 0.6 is 0 Å². The number of aryl methyl sites for hydroxylation is 1. The SMILES string of the molecule is CC(C)C(=O)NC1COC2(CCN(C(=O)CCc3ccc[nH]3)CC2)C1. The fraction of sp³-hybridized carbons (Fsp3) is 0.684. The molecule has 25 heavy (non-hydrogen) atoms. The number of H-pyrrole nitrogens is 1. The molecule has 2 N–H and O–H groups in total. The number of aromatic nitrogens is 1. The number of likely N-dealkylation sites (tertiary alicyclic amines) is 1. The summed E-state index contributed by atoms with van der Waals surface area (Å²) in [4.78, 5) is 29.3. The summed E-state index contributed by atoms with van der Waals surface area (Å²) in [6, 6.07) is 4.07. The van der Waals surface area contributed by atoms with E-state index >= 15 is 0 Å². The van der Waals surface area contributed by atoms with E-state index in [1.165, 1.54) is 0 Å². The van der Waals surface area contributed by atoms with Crippen LogP contribution in [0.25, 0.3) is 0 Å². The summed E-state index contributed by atoms with van der Waals surface area (Å²) in [5.41, 5.74) is 0.940. The van der Waals surface area contributed by atoms with Crippen molar-refractivity contribution in [3.05, 3.63) is 24.0 Å². The monoisotopic (exact) mass is 347 g/mol. The quantitative estimate of drug-likeness (QED) is 0.854. The van der Waals surface area contributed by atoms with Crippen LogP contribution < -0.4 is 5.32 Å². The van der Waals surface area contributed by atoms with Crippen LogP contribution in [-0.2, 0) is 20.7 Å². The molecule has 1 aromatic heterocycles. The van der Waals surface area contributed by atoms with Gasteiger partial charge in [-0.25, -0.2) is 0 Å². The van der Waals surface area contributed by atoms with Crippen LogP contribution in [0, 0.1) is 5.92 Å². The molecule has 6 heteroatoms. The zero-order valence-electron chi connectivity index (χ0n) is 15.2. The van der Waals surface area contributed by atoms with E-state index < -0.39 is 0 Å². The lowest BCUT2D eigenvalue weighted by Gasteiger charge is -2.38. The molecular weight excluding hydrogens is 318 g/mol. The predicted molar refractivity (Wildman–Crippen MR) is 95.0 cm³/mol. The Kier molecular flexibility index (Phi) is 5.47. The van der Waals surface area contributed by atoms with Gasteiger partial charge in [0, 0.05) is 37.3 Å². The van der Waals surface area contributed by atoms with Crippen molar-refractivity contribution in [3.63, 3.8) is 0 Å². The minimum atomic E-state index is -0.162. The van der Waals surface area contributed by atoms with Gasteiger partial charge in [-0.15, -0.1) is 0 Å². The maximum atomic E-state index is 12.4. The van der Waals surface area contributed by atoms with Crippen molar-refractivity contribution in [3.8, 4) is 0 Å². The summed E-state index contributed by atoms with van der Waals surface area (Å²) in [5.74, 6) is 0.297. The van der Waals surface area contributed by atoms with E-state index in [0.717, 1.165) is 44.5 Å². The number of hydrogen-bond donors (Lipinski definition) is 2. The number of carbonyl (C=O) groups excluding carboxylic acids is 2. The van der Waals surface area contributed by atoms with Gasteiger partial charge in [-0.1, -0.05) is 13.8 Å². The Morgan fingerprint density at radius 1 is 1.40 bits per heavy atom. The molecule has 2 aliphatic heterocycles. The lowest BCUT2D eigenvalue weighted by Crippen LogP contribution is -2.47. The van der Waals surface area contributed by atoms with Crippen molar-refractivity contribution < 1.29 is 14.3 Å². The summed E-state index contributed by atoms with van der Waals surface area (Å²) < 4.78 is 6.06. The van der Waals surface area contributed by atoms with Gasteiger partial charge in [0.2, 0.25) is 11.8 Å².